The first-order valence-corrected chi connectivity index (χ1v) is 11.6. The van der Waals surface area contributed by atoms with E-state index in [0.717, 1.165) is 41.3 Å². The van der Waals surface area contributed by atoms with Crippen molar-refractivity contribution in [3.8, 4) is 5.75 Å². The van der Waals surface area contributed by atoms with Crippen LogP contribution >= 0.6 is 0 Å². The predicted molar refractivity (Wildman–Crippen MR) is 130 cm³/mol. The lowest BCUT2D eigenvalue weighted by Gasteiger charge is -2.25. The molecule has 1 N–H and O–H groups in total. The molecule has 3 aromatic carbocycles. The second kappa shape index (κ2) is 9.90. The molecule has 0 aliphatic carbocycles. The van der Waals surface area contributed by atoms with Crippen molar-refractivity contribution in [1.29, 1.82) is 0 Å². The maximum Gasteiger partial charge on any atom is 0.295 e. The minimum absolute atomic E-state index is 0.133. The van der Waals surface area contributed by atoms with Crippen LogP contribution in [0.15, 0.2) is 72.3 Å². The standard InChI is InChI=1S/C28H29NO4/c1-3-5-16-29-25(20-12-14-23(15-13-20)33-17-4-2)24(27(31)28(29)32)26(30)22-11-10-19-8-6-7-9-21(19)18-22/h6-15,18,25,30H,3-5,16-17H2,1-2H3/b26-24-. The maximum atomic E-state index is 13.1. The third-order valence-corrected chi connectivity index (χ3v) is 5.98. The summed E-state index contributed by atoms with van der Waals surface area (Å²) < 4.78 is 5.68. The van der Waals surface area contributed by atoms with Crippen molar-refractivity contribution in [3.05, 3.63) is 83.4 Å². The summed E-state index contributed by atoms with van der Waals surface area (Å²) in [4.78, 5) is 27.7. The fourth-order valence-corrected chi connectivity index (χ4v) is 4.24. The normalized spacial score (nSPS) is 17.6. The molecule has 1 aliphatic heterocycles. The number of aliphatic hydroxyl groups is 1. The highest BCUT2D eigenvalue weighted by Gasteiger charge is 2.45. The van der Waals surface area contributed by atoms with Crippen LogP contribution < -0.4 is 4.74 Å². The van der Waals surface area contributed by atoms with Crippen molar-refractivity contribution in [2.45, 2.75) is 39.2 Å². The summed E-state index contributed by atoms with van der Waals surface area (Å²) in [6, 6.07) is 20.2. The number of hydrogen-bond acceptors (Lipinski definition) is 4. The van der Waals surface area contributed by atoms with Gasteiger partial charge in [0.25, 0.3) is 11.7 Å². The van der Waals surface area contributed by atoms with Gasteiger partial charge in [-0.15, -0.1) is 0 Å². The minimum Gasteiger partial charge on any atom is -0.507 e. The van der Waals surface area contributed by atoms with Gasteiger partial charge in [-0.05, 0) is 47.4 Å². The molecule has 5 nitrogen and oxygen atoms in total. The Balaban J connectivity index is 1.80. The van der Waals surface area contributed by atoms with Gasteiger partial charge in [-0.3, -0.25) is 9.59 Å². The second-order valence-corrected chi connectivity index (χ2v) is 8.33. The maximum absolute atomic E-state index is 13.1. The SMILES string of the molecule is CCCCN1C(=O)C(=O)/C(=C(\O)c2ccc3ccccc3c2)C1c1ccc(OCCC)cc1. The number of aliphatic hydroxyl groups excluding tert-OH is 1. The zero-order chi connectivity index (χ0) is 23.4. The topological polar surface area (TPSA) is 66.8 Å². The zero-order valence-corrected chi connectivity index (χ0v) is 19.1. The number of amides is 1. The van der Waals surface area contributed by atoms with E-state index >= 15 is 0 Å². The van der Waals surface area contributed by atoms with Crippen LogP contribution in [-0.4, -0.2) is 34.8 Å². The molecule has 0 radical (unpaired) electrons. The number of benzene rings is 3. The van der Waals surface area contributed by atoms with Gasteiger partial charge < -0.3 is 14.7 Å². The molecule has 33 heavy (non-hydrogen) atoms. The van der Waals surface area contributed by atoms with Crippen molar-refractivity contribution in [2.75, 3.05) is 13.2 Å². The Labute approximate surface area is 194 Å². The van der Waals surface area contributed by atoms with Gasteiger partial charge in [-0.1, -0.05) is 68.8 Å². The van der Waals surface area contributed by atoms with Crippen LogP contribution in [0.1, 0.15) is 50.3 Å². The van der Waals surface area contributed by atoms with Gasteiger partial charge in [0.1, 0.15) is 11.5 Å². The van der Waals surface area contributed by atoms with E-state index in [2.05, 4.69) is 0 Å². The van der Waals surface area contributed by atoms with Crippen LogP contribution in [0.2, 0.25) is 0 Å². The molecule has 1 amide bonds. The van der Waals surface area contributed by atoms with Crippen molar-refractivity contribution < 1.29 is 19.4 Å². The third kappa shape index (κ3) is 4.49. The molecular weight excluding hydrogens is 414 g/mol. The zero-order valence-electron chi connectivity index (χ0n) is 19.1. The minimum atomic E-state index is -0.645. The number of fused-ring (bicyclic) bond motifs is 1. The lowest BCUT2D eigenvalue weighted by atomic mass is 9.94. The largest absolute Gasteiger partial charge is 0.507 e. The number of carbonyl (C=O) groups is 2. The molecule has 1 unspecified atom stereocenters. The van der Waals surface area contributed by atoms with Gasteiger partial charge in [0.2, 0.25) is 0 Å². The van der Waals surface area contributed by atoms with Gasteiger partial charge in [0.05, 0.1) is 18.2 Å². The van der Waals surface area contributed by atoms with E-state index in [0.29, 0.717) is 18.7 Å². The lowest BCUT2D eigenvalue weighted by molar-refractivity contribution is -0.139. The molecule has 4 rings (SSSR count). The van der Waals surface area contributed by atoms with E-state index in [9.17, 15) is 14.7 Å². The van der Waals surface area contributed by atoms with Crippen LogP contribution in [0.3, 0.4) is 0 Å². The highest BCUT2D eigenvalue weighted by Crippen LogP contribution is 2.40. The predicted octanol–water partition coefficient (Wildman–Crippen LogP) is 5.85. The number of nitrogens with zero attached hydrogens (tertiary/aromatic N) is 1. The highest BCUT2D eigenvalue weighted by molar-refractivity contribution is 6.46. The molecule has 1 saturated heterocycles. The molecule has 5 heteroatoms. The molecular formula is C28H29NO4. The van der Waals surface area contributed by atoms with Crippen molar-refractivity contribution in [2.24, 2.45) is 0 Å². The van der Waals surface area contributed by atoms with Crippen LogP contribution in [0, 0.1) is 0 Å². The van der Waals surface area contributed by atoms with E-state index in [1.54, 1.807) is 11.0 Å². The third-order valence-electron chi connectivity index (χ3n) is 5.98. The first-order valence-electron chi connectivity index (χ1n) is 11.6. The summed E-state index contributed by atoms with van der Waals surface area (Å²) in [6.45, 7) is 5.16. The van der Waals surface area contributed by atoms with Crippen molar-refractivity contribution >= 4 is 28.2 Å². The number of hydrogen-bond donors (Lipinski definition) is 1. The molecule has 0 saturated carbocycles. The molecule has 0 aromatic heterocycles. The summed E-state index contributed by atoms with van der Waals surface area (Å²) in [5.74, 6) is -0.620. The molecule has 0 bridgehead atoms. The molecule has 1 atom stereocenters. The van der Waals surface area contributed by atoms with Gasteiger partial charge in [0.15, 0.2) is 0 Å². The quantitative estimate of drug-likeness (QED) is 0.269. The van der Waals surface area contributed by atoms with E-state index in [4.69, 9.17) is 4.74 Å². The monoisotopic (exact) mass is 443 g/mol. The van der Waals surface area contributed by atoms with E-state index in [-0.39, 0.29) is 11.3 Å². The molecule has 1 aliphatic rings. The van der Waals surface area contributed by atoms with Crippen LogP contribution in [0.25, 0.3) is 16.5 Å². The molecule has 1 fully saturated rings. The average Bonchev–Trinajstić information content (AvgIpc) is 3.10. The molecule has 1 heterocycles. The van der Waals surface area contributed by atoms with Crippen LogP contribution in [0.5, 0.6) is 5.75 Å². The Morgan fingerprint density at radius 1 is 0.939 bits per heavy atom. The molecule has 3 aromatic rings. The Hall–Kier alpha value is -3.60. The van der Waals surface area contributed by atoms with Gasteiger partial charge in [-0.25, -0.2) is 0 Å². The lowest BCUT2D eigenvalue weighted by Crippen LogP contribution is -2.30. The summed E-state index contributed by atoms with van der Waals surface area (Å²) in [5.41, 5.74) is 1.43. The Morgan fingerprint density at radius 3 is 2.36 bits per heavy atom. The summed E-state index contributed by atoms with van der Waals surface area (Å²) in [5, 5.41) is 13.3. The fourth-order valence-electron chi connectivity index (χ4n) is 4.24. The first kappa shape index (κ1) is 22.6. The summed E-state index contributed by atoms with van der Waals surface area (Å²) in [6.07, 6.45) is 2.58. The summed E-state index contributed by atoms with van der Waals surface area (Å²) in [7, 11) is 0. The summed E-state index contributed by atoms with van der Waals surface area (Å²) >= 11 is 0. The van der Waals surface area contributed by atoms with E-state index in [1.165, 1.54) is 0 Å². The van der Waals surface area contributed by atoms with Gasteiger partial charge in [0, 0.05) is 12.1 Å². The molecule has 170 valence electrons. The van der Waals surface area contributed by atoms with E-state index in [1.807, 2.05) is 74.5 Å². The van der Waals surface area contributed by atoms with Crippen LogP contribution in [-0.2, 0) is 9.59 Å². The Bertz CT molecular complexity index is 1200. The first-order chi connectivity index (χ1) is 16.0. The number of ketones is 1. The number of Topliss-reactive ketones (excluding diaryl/α,β-unsaturated/α-hetero) is 1. The molecule has 0 spiro atoms. The Kier molecular flexibility index (Phi) is 6.78. The van der Waals surface area contributed by atoms with E-state index < -0.39 is 17.7 Å². The number of unbranched alkanes of at least 4 members (excludes halogenated alkanes) is 1. The van der Waals surface area contributed by atoms with Gasteiger partial charge in [-0.2, -0.15) is 0 Å². The number of likely N-dealkylation sites (tertiary alicyclic amines) is 1. The van der Waals surface area contributed by atoms with Gasteiger partial charge >= 0.3 is 0 Å². The number of ether oxygens (including phenoxy) is 1. The smallest absolute Gasteiger partial charge is 0.295 e. The number of rotatable bonds is 8. The number of carbonyl (C=O) groups excluding carboxylic acids is 2. The Morgan fingerprint density at radius 2 is 1.67 bits per heavy atom. The average molecular weight is 444 g/mol. The fraction of sp³-hybridized carbons (Fsp3) is 0.286. The van der Waals surface area contributed by atoms with Crippen molar-refractivity contribution in [3.63, 3.8) is 0 Å². The van der Waals surface area contributed by atoms with Crippen LogP contribution in [0.4, 0.5) is 0 Å². The second-order valence-electron chi connectivity index (χ2n) is 8.33. The highest BCUT2D eigenvalue weighted by atomic mass is 16.5. The van der Waals surface area contributed by atoms with Crippen molar-refractivity contribution in [1.82, 2.24) is 4.90 Å².